The molecule has 2 rings (SSSR count). The van der Waals surface area contributed by atoms with Gasteiger partial charge < -0.3 is 0 Å². The van der Waals surface area contributed by atoms with E-state index in [9.17, 15) is 8.78 Å². The van der Waals surface area contributed by atoms with Crippen molar-refractivity contribution in [1.29, 1.82) is 0 Å². The number of benzene rings is 2. The first-order chi connectivity index (χ1) is 9.82. The first-order valence-corrected chi connectivity index (χ1v) is 7.29. The maximum absolute atomic E-state index is 12.4. The lowest BCUT2D eigenvalue weighted by atomic mass is 10.0. The Morgan fingerprint density at radius 3 is 1.29 bits per heavy atom. The fraction of sp³-hybridized carbons (Fsp3) is 0.368. The number of hydrogen-bond donors (Lipinski definition) is 0. The zero-order valence-corrected chi connectivity index (χ0v) is 13.6. The summed E-state index contributed by atoms with van der Waals surface area (Å²) in [6.45, 7) is 10.7. The van der Waals surface area contributed by atoms with Gasteiger partial charge in [-0.05, 0) is 41.7 Å². The molecule has 0 nitrogen and oxygen atoms in total. The van der Waals surface area contributed by atoms with Gasteiger partial charge in [0.2, 0.25) is 0 Å². The molecule has 21 heavy (non-hydrogen) atoms. The Labute approximate surface area is 127 Å². The predicted molar refractivity (Wildman–Crippen MR) is 87.4 cm³/mol. The highest BCUT2D eigenvalue weighted by atomic mass is 19.1. The van der Waals surface area contributed by atoms with Crippen LogP contribution in [0.2, 0.25) is 0 Å². The van der Waals surface area contributed by atoms with Crippen molar-refractivity contribution in [1.82, 2.24) is 0 Å². The van der Waals surface area contributed by atoms with Gasteiger partial charge in [-0.25, -0.2) is 8.78 Å². The third-order valence-corrected chi connectivity index (χ3v) is 2.27. The van der Waals surface area contributed by atoms with E-state index in [-0.39, 0.29) is 11.6 Å². The number of rotatable bonds is 1. The van der Waals surface area contributed by atoms with Crippen LogP contribution in [0.4, 0.5) is 8.78 Å². The topological polar surface area (TPSA) is 0 Å². The molecular formula is C19H26F2. The number of halogens is 2. The molecule has 116 valence electrons. The summed E-state index contributed by atoms with van der Waals surface area (Å²) in [7, 11) is 0. The smallest absolute Gasteiger partial charge is 0.123 e. The summed E-state index contributed by atoms with van der Waals surface area (Å²) in [5.41, 5.74) is 1.18. The van der Waals surface area contributed by atoms with Crippen LogP contribution in [0.3, 0.4) is 0 Å². The third kappa shape index (κ3) is 11.8. The highest BCUT2D eigenvalue weighted by Crippen LogP contribution is 2.13. The van der Waals surface area contributed by atoms with E-state index in [0.717, 1.165) is 5.92 Å². The molecule has 0 fully saturated rings. The highest BCUT2D eigenvalue weighted by molar-refractivity contribution is 5.18. The largest absolute Gasteiger partial charge is 0.207 e. The monoisotopic (exact) mass is 292 g/mol. The summed E-state index contributed by atoms with van der Waals surface area (Å²) in [6, 6.07) is 14.6. The first kappa shape index (κ1) is 19.3. The standard InChI is InChI=1S/C9H11F.C6H5F.C4H10/c1-7(2)8-3-5-9(10)6-4-8;7-6-4-2-1-3-5-6;1-4(2)3/h3-7H,1-2H3;1-5H;4H,1-3H3. The Hall–Kier alpha value is -1.70. The minimum absolute atomic E-state index is 0.163. The maximum atomic E-state index is 12.4. The van der Waals surface area contributed by atoms with E-state index in [4.69, 9.17) is 0 Å². The minimum Gasteiger partial charge on any atom is -0.207 e. The molecule has 0 N–H and O–H groups in total. The van der Waals surface area contributed by atoms with E-state index in [0.29, 0.717) is 5.92 Å². The summed E-state index contributed by atoms with van der Waals surface area (Å²) in [5, 5.41) is 0. The van der Waals surface area contributed by atoms with Crippen LogP contribution in [0.5, 0.6) is 0 Å². The average Bonchev–Trinajstić information content (AvgIpc) is 2.40. The molecule has 0 saturated heterocycles. The molecule has 0 bridgehead atoms. The zero-order valence-electron chi connectivity index (χ0n) is 13.6. The molecule has 0 atom stereocenters. The molecule has 0 heterocycles. The van der Waals surface area contributed by atoms with Crippen LogP contribution in [0, 0.1) is 17.6 Å². The quantitative estimate of drug-likeness (QED) is 0.567. The molecule has 2 heteroatoms. The van der Waals surface area contributed by atoms with Crippen molar-refractivity contribution in [3.63, 3.8) is 0 Å². The van der Waals surface area contributed by atoms with Gasteiger partial charge in [-0.15, -0.1) is 0 Å². The molecule has 0 amide bonds. The van der Waals surface area contributed by atoms with Crippen LogP contribution in [-0.4, -0.2) is 0 Å². The second-order valence-corrected chi connectivity index (χ2v) is 5.73. The van der Waals surface area contributed by atoms with Gasteiger partial charge >= 0.3 is 0 Å². The van der Waals surface area contributed by atoms with Gasteiger partial charge in [0, 0.05) is 0 Å². The fourth-order valence-electron chi connectivity index (χ4n) is 1.26. The lowest BCUT2D eigenvalue weighted by Crippen LogP contribution is -1.85. The Morgan fingerprint density at radius 1 is 0.619 bits per heavy atom. The maximum Gasteiger partial charge on any atom is 0.123 e. The summed E-state index contributed by atoms with van der Waals surface area (Å²) >= 11 is 0. The van der Waals surface area contributed by atoms with Gasteiger partial charge in [-0.2, -0.15) is 0 Å². The van der Waals surface area contributed by atoms with E-state index < -0.39 is 0 Å². The van der Waals surface area contributed by atoms with Crippen LogP contribution in [0.25, 0.3) is 0 Å². The Kier molecular flexibility index (Phi) is 10.1. The molecular weight excluding hydrogens is 266 g/mol. The fourth-order valence-corrected chi connectivity index (χ4v) is 1.26. The van der Waals surface area contributed by atoms with Gasteiger partial charge in [0.1, 0.15) is 11.6 Å². The van der Waals surface area contributed by atoms with Crippen LogP contribution in [0.1, 0.15) is 46.1 Å². The Morgan fingerprint density at radius 2 is 1.00 bits per heavy atom. The van der Waals surface area contributed by atoms with Gasteiger partial charge in [-0.3, -0.25) is 0 Å². The highest BCUT2D eigenvalue weighted by Gasteiger charge is 1.96. The molecule has 2 aromatic rings. The van der Waals surface area contributed by atoms with Gasteiger partial charge in [0.15, 0.2) is 0 Å². The number of hydrogen-bond acceptors (Lipinski definition) is 0. The van der Waals surface area contributed by atoms with Crippen molar-refractivity contribution in [2.24, 2.45) is 5.92 Å². The molecule has 0 spiro atoms. The average molecular weight is 292 g/mol. The summed E-state index contributed by atoms with van der Waals surface area (Å²) in [6.07, 6.45) is 0. The van der Waals surface area contributed by atoms with Crippen LogP contribution in [-0.2, 0) is 0 Å². The summed E-state index contributed by atoms with van der Waals surface area (Å²) in [4.78, 5) is 0. The van der Waals surface area contributed by atoms with E-state index in [1.807, 2.05) is 12.1 Å². The van der Waals surface area contributed by atoms with Crippen LogP contribution >= 0.6 is 0 Å². The van der Waals surface area contributed by atoms with Gasteiger partial charge in [0.05, 0.1) is 0 Å². The normalized spacial score (nSPS) is 9.57. The summed E-state index contributed by atoms with van der Waals surface area (Å²) in [5.74, 6) is 0.979. The molecule has 0 saturated carbocycles. The van der Waals surface area contributed by atoms with E-state index >= 15 is 0 Å². The van der Waals surface area contributed by atoms with E-state index in [1.54, 1.807) is 18.2 Å². The van der Waals surface area contributed by atoms with E-state index in [2.05, 4.69) is 34.6 Å². The third-order valence-electron chi connectivity index (χ3n) is 2.27. The molecule has 0 aliphatic heterocycles. The van der Waals surface area contributed by atoms with Crippen molar-refractivity contribution in [3.05, 3.63) is 71.8 Å². The SMILES string of the molecule is CC(C)C.CC(C)c1ccc(F)cc1.Fc1ccccc1. The zero-order chi connectivity index (χ0) is 16.3. The predicted octanol–water partition coefficient (Wildman–Crippen LogP) is 6.44. The Bertz CT molecular complexity index is 456. The molecule has 0 radical (unpaired) electrons. The van der Waals surface area contributed by atoms with Crippen molar-refractivity contribution < 1.29 is 8.78 Å². The first-order valence-electron chi connectivity index (χ1n) is 7.29. The van der Waals surface area contributed by atoms with Crippen LogP contribution in [0.15, 0.2) is 54.6 Å². The van der Waals surface area contributed by atoms with Gasteiger partial charge in [0.25, 0.3) is 0 Å². The Balaban J connectivity index is 0.000000317. The molecule has 2 aromatic carbocycles. The lowest BCUT2D eigenvalue weighted by molar-refractivity contribution is 0.626. The van der Waals surface area contributed by atoms with Gasteiger partial charge in [-0.1, -0.05) is 65.0 Å². The van der Waals surface area contributed by atoms with Crippen molar-refractivity contribution in [2.75, 3.05) is 0 Å². The molecule has 0 aliphatic rings. The van der Waals surface area contributed by atoms with Crippen LogP contribution < -0.4 is 0 Å². The molecule has 0 aliphatic carbocycles. The summed E-state index contributed by atoms with van der Waals surface area (Å²) < 4.78 is 24.3. The molecule has 0 aromatic heterocycles. The lowest BCUT2D eigenvalue weighted by Gasteiger charge is -2.02. The second-order valence-electron chi connectivity index (χ2n) is 5.73. The van der Waals surface area contributed by atoms with Crippen molar-refractivity contribution in [3.8, 4) is 0 Å². The molecule has 0 unspecified atom stereocenters. The second kappa shape index (κ2) is 11.0. The van der Waals surface area contributed by atoms with E-state index in [1.165, 1.54) is 29.8 Å². The van der Waals surface area contributed by atoms with Crippen molar-refractivity contribution >= 4 is 0 Å². The van der Waals surface area contributed by atoms with Crippen molar-refractivity contribution in [2.45, 2.75) is 40.5 Å². The minimum atomic E-state index is -0.178.